The minimum absolute atomic E-state index is 0.0278. The maximum absolute atomic E-state index is 13.0. The largest absolute Gasteiger partial charge is 0.416 e. The quantitative estimate of drug-likeness (QED) is 0.347. The van der Waals surface area contributed by atoms with Crippen molar-refractivity contribution in [2.45, 2.75) is 37.0 Å². The number of sulfonamides is 1. The van der Waals surface area contributed by atoms with Crippen LogP contribution in [0.1, 0.15) is 28.7 Å². The number of aryl methyl sites for hydroxylation is 2. The van der Waals surface area contributed by atoms with Crippen LogP contribution in [0.3, 0.4) is 0 Å². The Morgan fingerprint density at radius 3 is 1.81 bits per heavy atom. The third-order valence-corrected chi connectivity index (χ3v) is 6.45. The predicted molar refractivity (Wildman–Crippen MR) is 122 cm³/mol. The maximum Gasteiger partial charge on any atom is 0.416 e. The molecule has 0 radical (unpaired) electrons. The number of nitrogens with one attached hydrogen (secondary N) is 2. The molecule has 2 N–H and O–H groups in total. The molecule has 3 aromatic carbocycles. The number of amides is 1. The Morgan fingerprint density at radius 2 is 1.31 bits per heavy atom. The van der Waals surface area contributed by atoms with Crippen LogP contribution in [0.25, 0.3) is 0 Å². The molecule has 3 rings (SSSR count). The molecule has 0 aliphatic heterocycles. The standard InChI is InChI=1S/C24H20F6N2O3S/c1-15-2-7-19(8-3-15)32-36(34,35)21-9-4-16(5-10-21)6-11-22(33)31-20-13-17(23(25,26)27)12-18(14-20)24(28,29)30/h2-5,7-10,12-14,32H,6,11H2,1H3,(H,31,33). The molecule has 192 valence electrons. The Morgan fingerprint density at radius 1 is 0.778 bits per heavy atom. The average molecular weight is 530 g/mol. The van der Waals surface area contributed by atoms with Crippen LogP contribution in [-0.2, 0) is 33.6 Å². The Hall–Kier alpha value is -3.54. The van der Waals surface area contributed by atoms with Gasteiger partial charge in [-0.2, -0.15) is 26.3 Å². The first-order chi connectivity index (χ1) is 16.6. The molecule has 0 saturated heterocycles. The van der Waals surface area contributed by atoms with Crippen molar-refractivity contribution in [1.82, 2.24) is 0 Å². The van der Waals surface area contributed by atoms with E-state index in [0.29, 0.717) is 23.4 Å². The summed E-state index contributed by atoms with van der Waals surface area (Å²) in [5.41, 5.74) is -1.83. The molecule has 0 unspecified atom stereocenters. The lowest BCUT2D eigenvalue weighted by Gasteiger charge is -2.15. The summed E-state index contributed by atoms with van der Waals surface area (Å²) in [4.78, 5) is 12.2. The number of hydrogen-bond donors (Lipinski definition) is 2. The van der Waals surface area contributed by atoms with Gasteiger partial charge in [0.05, 0.1) is 16.0 Å². The van der Waals surface area contributed by atoms with Gasteiger partial charge in [0, 0.05) is 17.8 Å². The topological polar surface area (TPSA) is 75.3 Å². The van der Waals surface area contributed by atoms with Crippen LogP contribution in [0.4, 0.5) is 37.7 Å². The van der Waals surface area contributed by atoms with Gasteiger partial charge in [0.2, 0.25) is 5.91 Å². The normalized spacial score (nSPS) is 12.3. The number of carbonyl (C=O) groups is 1. The second kappa shape index (κ2) is 10.2. The van der Waals surface area contributed by atoms with Crippen molar-refractivity contribution in [3.05, 3.63) is 89.0 Å². The predicted octanol–water partition coefficient (Wildman–Crippen LogP) is 6.40. The highest BCUT2D eigenvalue weighted by molar-refractivity contribution is 7.92. The van der Waals surface area contributed by atoms with E-state index >= 15 is 0 Å². The van der Waals surface area contributed by atoms with Gasteiger partial charge in [0.25, 0.3) is 10.0 Å². The van der Waals surface area contributed by atoms with Crippen LogP contribution in [0.5, 0.6) is 0 Å². The maximum atomic E-state index is 13.0. The fraction of sp³-hybridized carbons (Fsp3) is 0.208. The van der Waals surface area contributed by atoms with Crippen molar-refractivity contribution < 1.29 is 39.6 Å². The lowest BCUT2D eigenvalue weighted by molar-refractivity contribution is -0.143. The van der Waals surface area contributed by atoms with Crippen molar-refractivity contribution >= 4 is 27.3 Å². The van der Waals surface area contributed by atoms with Crippen molar-refractivity contribution in [1.29, 1.82) is 0 Å². The first-order valence-electron chi connectivity index (χ1n) is 10.4. The van der Waals surface area contributed by atoms with E-state index in [4.69, 9.17) is 0 Å². The van der Waals surface area contributed by atoms with Gasteiger partial charge < -0.3 is 5.32 Å². The van der Waals surface area contributed by atoms with E-state index in [1.165, 1.54) is 24.3 Å². The number of rotatable bonds is 7. The summed E-state index contributed by atoms with van der Waals surface area (Å²) >= 11 is 0. The third kappa shape index (κ3) is 7.23. The van der Waals surface area contributed by atoms with Gasteiger partial charge in [-0.05, 0) is 61.4 Å². The molecule has 0 saturated carbocycles. The van der Waals surface area contributed by atoms with Crippen molar-refractivity contribution in [3.8, 4) is 0 Å². The number of benzene rings is 3. The van der Waals surface area contributed by atoms with Gasteiger partial charge in [-0.15, -0.1) is 0 Å². The highest BCUT2D eigenvalue weighted by Crippen LogP contribution is 2.37. The number of alkyl halides is 6. The molecule has 0 bridgehead atoms. The molecular weight excluding hydrogens is 510 g/mol. The summed E-state index contributed by atoms with van der Waals surface area (Å²) in [6.45, 7) is 1.86. The smallest absolute Gasteiger partial charge is 0.326 e. The minimum atomic E-state index is -5.03. The molecule has 1 amide bonds. The minimum Gasteiger partial charge on any atom is -0.326 e. The molecule has 0 fully saturated rings. The van der Waals surface area contributed by atoms with Gasteiger partial charge >= 0.3 is 12.4 Å². The molecule has 0 aromatic heterocycles. The zero-order valence-corrected chi connectivity index (χ0v) is 19.5. The fourth-order valence-electron chi connectivity index (χ4n) is 3.18. The lowest BCUT2D eigenvalue weighted by Crippen LogP contribution is -2.16. The van der Waals surface area contributed by atoms with E-state index < -0.39 is 45.1 Å². The van der Waals surface area contributed by atoms with Gasteiger partial charge in [-0.3, -0.25) is 9.52 Å². The summed E-state index contributed by atoms with van der Waals surface area (Å²) in [6.07, 6.45) is -10.2. The van der Waals surface area contributed by atoms with Crippen LogP contribution in [0.2, 0.25) is 0 Å². The first-order valence-corrected chi connectivity index (χ1v) is 11.9. The Labute approximate surface area is 203 Å². The van der Waals surface area contributed by atoms with Gasteiger partial charge in [0.1, 0.15) is 0 Å². The molecule has 0 aliphatic carbocycles. The molecule has 12 heteroatoms. The van der Waals surface area contributed by atoms with Crippen LogP contribution in [-0.4, -0.2) is 14.3 Å². The summed E-state index contributed by atoms with van der Waals surface area (Å²) in [5, 5.41) is 2.06. The average Bonchev–Trinajstić information content (AvgIpc) is 2.78. The molecule has 0 atom stereocenters. The monoisotopic (exact) mass is 530 g/mol. The number of halogens is 6. The SMILES string of the molecule is Cc1ccc(NS(=O)(=O)c2ccc(CCC(=O)Nc3cc(C(F)(F)F)cc(C(F)(F)F)c3)cc2)cc1. The van der Waals surface area contributed by atoms with E-state index in [0.717, 1.165) is 5.56 Å². The molecule has 3 aromatic rings. The van der Waals surface area contributed by atoms with E-state index in [1.807, 2.05) is 6.92 Å². The van der Waals surface area contributed by atoms with Crippen molar-refractivity contribution in [2.75, 3.05) is 10.0 Å². The zero-order chi connectivity index (χ0) is 26.7. The second-order valence-electron chi connectivity index (χ2n) is 7.96. The van der Waals surface area contributed by atoms with Gasteiger partial charge in [0.15, 0.2) is 0 Å². The van der Waals surface area contributed by atoms with Crippen LogP contribution in [0.15, 0.2) is 71.6 Å². The van der Waals surface area contributed by atoms with Crippen LogP contribution in [0, 0.1) is 6.92 Å². The summed E-state index contributed by atoms with van der Waals surface area (Å²) in [7, 11) is -3.86. The Bertz CT molecular complexity index is 1300. The highest BCUT2D eigenvalue weighted by atomic mass is 32.2. The Kier molecular flexibility index (Phi) is 7.68. The first kappa shape index (κ1) is 27.1. The van der Waals surface area contributed by atoms with E-state index in [1.54, 1.807) is 24.3 Å². The summed E-state index contributed by atoms with van der Waals surface area (Å²) in [6, 6.07) is 13.1. The van der Waals surface area contributed by atoms with Crippen LogP contribution >= 0.6 is 0 Å². The summed E-state index contributed by atoms with van der Waals surface area (Å²) in [5.74, 6) is -0.805. The molecule has 0 aliphatic rings. The van der Waals surface area contributed by atoms with Gasteiger partial charge in [-0.1, -0.05) is 29.8 Å². The van der Waals surface area contributed by atoms with E-state index in [2.05, 4.69) is 10.0 Å². The highest BCUT2D eigenvalue weighted by Gasteiger charge is 2.37. The Balaban J connectivity index is 1.65. The van der Waals surface area contributed by atoms with Crippen molar-refractivity contribution in [3.63, 3.8) is 0 Å². The molecule has 0 heterocycles. The van der Waals surface area contributed by atoms with E-state index in [-0.39, 0.29) is 23.8 Å². The molecule has 0 spiro atoms. The zero-order valence-electron chi connectivity index (χ0n) is 18.7. The summed E-state index contributed by atoms with van der Waals surface area (Å²) < 4.78 is 105. The molecule has 36 heavy (non-hydrogen) atoms. The molecule has 5 nitrogen and oxygen atoms in total. The number of hydrogen-bond acceptors (Lipinski definition) is 3. The fourth-order valence-corrected chi connectivity index (χ4v) is 4.24. The number of anilines is 2. The number of carbonyl (C=O) groups excluding carboxylic acids is 1. The van der Waals surface area contributed by atoms with Crippen LogP contribution < -0.4 is 10.0 Å². The van der Waals surface area contributed by atoms with Gasteiger partial charge in [-0.25, -0.2) is 8.42 Å². The lowest BCUT2D eigenvalue weighted by atomic mass is 10.1. The van der Waals surface area contributed by atoms with E-state index in [9.17, 15) is 39.6 Å². The third-order valence-electron chi connectivity index (χ3n) is 5.05. The van der Waals surface area contributed by atoms with Crippen molar-refractivity contribution in [2.24, 2.45) is 0 Å². The second-order valence-corrected chi connectivity index (χ2v) is 9.64. The molecular formula is C24H20F6N2O3S.